The first-order valence-electron chi connectivity index (χ1n) is 8.41. The molecule has 0 aliphatic heterocycles. The smallest absolute Gasteiger partial charge is 0.269 e. The van der Waals surface area contributed by atoms with Crippen molar-refractivity contribution in [2.75, 3.05) is 13.6 Å². The molecule has 3 N–H and O–H groups in total. The summed E-state index contributed by atoms with van der Waals surface area (Å²) in [6, 6.07) is 16.4. The van der Waals surface area contributed by atoms with Gasteiger partial charge in [0.1, 0.15) is 6.10 Å². The summed E-state index contributed by atoms with van der Waals surface area (Å²) in [6.45, 7) is 0.696. The van der Waals surface area contributed by atoms with Crippen LogP contribution in [0.15, 0.2) is 59.6 Å². The fourth-order valence-electron chi connectivity index (χ4n) is 2.65. The molecule has 3 aromatic rings. The van der Waals surface area contributed by atoms with Gasteiger partial charge in [0.2, 0.25) is 0 Å². The van der Waals surface area contributed by atoms with E-state index in [-0.39, 0.29) is 29.7 Å². The van der Waals surface area contributed by atoms with Crippen molar-refractivity contribution in [3.63, 3.8) is 0 Å². The Morgan fingerprint density at radius 2 is 2.00 bits per heavy atom. The minimum absolute atomic E-state index is 0. The number of rotatable bonds is 6. The first-order chi connectivity index (χ1) is 13.1. The molecule has 3 rings (SSSR count). The Labute approximate surface area is 183 Å². The summed E-state index contributed by atoms with van der Waals surface area (Å²) in [6.07, 6.45) is -0.654. The van der Waals surface area contributed by atoms with E-state index in [4.69, 9.17) is 0 Å². The lowest BCUT2D eigenvalue weighted by Gasteiger charge is -2.14. The Morgan fingerprint density at radius 3 is 2.71 bits per heavy atom. The summed E-state index contributed by atoms with van der Waals surface area (Å²) in [5.41, 5.74) is 0.828. The molecule has 0 saturated heterocycles. The van der Waals surface area contributed by atoms with E-state index in [0.29, 0.717) is 19.0 Å². The number of aliphatic hydroxyl groups excluding tert-OH is 1. The first kappa shape index (κ1) is 22.1. The lowest BCUT2D eigenvalue weighted by Crippen LogP contribution is -2.38. The van der Waals surface area contributed by atoms with Crippen molar-refractivity contribution in [2.24, 2.45) is 4.99 Å². The molecule has 0 radical (unpaired) electrons. The number of non-ortho nitro benzene ring substituents is 1. The van der Waals surface area contributed by atoms with Crippen LogP contribution >= 0.6 is 35.3 Å². The molecule has 0 aliphatic carbocycles. The maximum Gasteiger partial charge on any atom is 0.269 e. The van der Waals surface area contributed by atoms with Gasteiger partial charge in [0.15, 0.2) is 5.96 Å². The molecule has 0 spiro atoms. The van der Waals surface area contributed by atoms with Crippen LogP contribution in [0.2, 0.25) is 0 Å². The van der Waals surface area contributed by atoms with Gasteiger partial charge in [-0.25, -0.2) is 0 Å². The Hall–Kier alpha value is -2.24. The molecule has 2 aromatic carbocycles. The van der Waals surface area contributed by atoms with Gasteiger partial charge in [-0.15, -0.1) is 35.3 Å². The molecule has 1 unspecified atom stereocenters. The van der Waals surface area contributed by atoms with Gasteiger partial charge in [0, 0.05) is 41.8 Å². The van der Waals surface area contributed by atoms with Gasteiger partial charge in [-0.1, -0.05) is 30.3 Å². The Kier molecular flexibility index (Phi) is 8.15. The van der Waals surface area contributed by atoms with Crippen LogP contribution in [0.25, 0.3) is 10.1 Å². The van der Waals surface area contributed by atoms with Gasteiger partial charge in [0.25, 0.3) is 5.69 Å². The third-order valence-electron chi connectivity index (χ3n) is 4.04. The molecule has 0 fully saturated rings. The number of nitro groups is 1. The molecule has 0 aliphatic rings. The van der Waals surface area contributed by atoms with Crippen molar-refractivity contribution in [1.29, 1.82) is 0 Å². The number of hydrogen-bond acceptors (Lipinski definition) is 5. The van der Waals surface area contributed by atoms with E-state index in [1.54, 1.807) is 30.5 Å². The number of fused-ring (bicyclic) bond motifs is 1. The molecular weight excluding hydrogens is 491 g/mol. The van der Waals surface area contributed by atoms with Crippen molar-refractivity contribution in [1.82, 2.24) is 10.6 Å². The van der Waals surface area contributed by atoms with Crippen molar-refractivity contribution >= 4 is 57.0 Å². The fraction of sp³-hybridized carbons (Fsp3) is 0.211. The van der Waals surface area contributed by atoms with Gasteiger partial charge < -0.3 is 15.7 Å². The largest absolute Gasteiger partial charge is 0.386 e. The van der Waals surface area contributed by atoms with E-state index in [1.807, 2.05) is 30.3 Å². The standard InChI is InChI=1S/C19H20N4O3S.HI/c1-20-19(21-11-13-5-4-7-15(9-13)23(25)26)22-12-16(24)18-10-14-6-2-3-8-17(14)27-18;/h2-10,16,24H,11-12H2,1H3,(H2,20,21,22);1H. The molecular formula is C19H21IN4O3S. The first-order valence-corrected chi connectivity index (χ1v) is 9.23. The van der Waals surface area contributed by atoms with Crippen LogP contribution in [0.4, 0.5) is 5.69 Å². The molecule has 1 aromatic heterocycles. The van der Waals surface area contributed by atoms with Crippen molar-refractivity contribution in [3.05, 3.63) is 75.2 Å². The summed E-state index contributed by atoms with van der Waals surface area (Å²) in [4.78, 5) is 15.4. The number of halogens is 1. The second kappa shape index (κ2) is 10.3. The minimum atomic E-state index is -0.654. The highest BCUT2D eigenvalue weighted by molar-refractivity contribution is 14.0. The highest BCUT2D eigenvalue weighted by Crippen LogP contribution is 2.29. The summed E-state index contributed by atoms with van der Waals surface area (Å²) in [7, 11) is 1.63. The van der Waals surface area contributed by atoms with E-state index < -0.39 is 11.0 Å². The minimum Gasteiger partial charge on any atom is -0.386 e. The molecule has 28 heavy (non-hydrogen) atoms. The second-order valence-corrected chi connectivity index (χ2v) is 7.05. The maximum atomic E-state index is 10.8. The summed E-state index contributed by atoms with van der Waals surface area (Å²) in [5.74, 6) is 0.515. The Balaban J connectivity index is 0.00000280. The quantitative estimate of drug-likeness (QED) is 0.153. The van der Waals surface area contributed by atoms with Crippen molar-refractivity contribution < 1.29 is 10.0 Å². The summed E-state index contributed by atoms with van der Waals surface area (Å²) < 4.78 is 1.14. The normalized spacial score (nSPS) is 12.3. The zero-order valence-electron chi connectivity index (χ0n) is 15.2. The van der Waals surface area contributed by atoms with E-state index in [0.717, 1.165) is 20.5 Å². The number of guanidine groups is 1. The molecule has 148 valence electrons. The second-order valence-electron chi connectivity index (χ2n) is 5.94. The van der Waals surface area contributed by atoms with E-state index in [2.05, 4.69) is 15.6 Å². The van der Waals surface area contributed by atoms with Crippen LogP contribution in [-0.2, 0) is 6.54 Å². The van der Waals surface area contributed by atoms with Crippen molar-refractivity contribution in [2.45, 2.75) is 12.6 Å². The van der Waals surface area contributed by atoms with Gasteiger partial charge in [0.05, 0.1) is 4.92 Å². The Morgan fingerprint density at radius 1 is 1.21 bits per heavy atom. The Bertz CT molecular complexity index is 943. The molecule has 0 amide bonds. The number of nitrogens with one attached hydrogen (secondary N) is 2. The fourth-order valence-corrected chi connectivity index (χ4v) is 3.70. The van der Waals surface area contributed by atoms with Crippen LogP contribution in [-0.4, -0.2) is 29.6 Å². The SMILES string of the molecule is CN=C(NCc1cccc([N+](=O)[O-])c1)NCC(O)c1cc2ccccc2s1.I. The molecule has 1 heterocycles. The highest BCUT2D eigenvalue weighted by Gasteiger charge is 2.12. The molecule has 0 bridgehead atoms. The number of benzene rings is 2. The van der Waals surface area contributed by atoms with Gasteiger partial charge in [-0.2, -0.15) is 0 Å². The van der Waals surface area contributed by atoms with E-state index in [1.165, 1.54) is 12.1 Å². The molecule has 1 atom stereocenters. The number of aliphatic hydroxyl groups is 1. The van der Waals surface area contributed by atoms with Gasteiger partial charge in [-0.3, -0.25) is 15.1 Å². The average molecular weight is 512 g/mol. The summed E-state index contributed by atoms with van der Waals surface area (Å²) >= 11 is 1.57. The number of hydrogen-bond donors (Lipinski definition) is 3. The monoisotopic (exact) mass is 512 g/mol. The number of nitro benzene ring substituents is 1. The lowest BCUT2D eigenvalue weighted by atomic mass is 10.2. The van der Waals surface area contributed by atoms with Gasteiger partial charge >= 0.3 is 0 Å². The zero-order valence-corrected chi connectivity index (χ0v) is 18.3. The van der Waals surface area contributed by atoms with E-state index in [9.17, 15) is 15.2 Å². The molecule has 9 heteroatoms. The number of nitrogens with zero attached hydrogens (tertiary/aromatic N) is 2. The van der Waals surface area contributed by atoms with Gasteiger partial charge in [-0.05, 0) is 23.1 Å². The van der Waals surface area contributed by atoms with Crippen LogP contribution in [0.1, 0.15) is 16.5 Å². The number of thiophene rings is 1. The van der Waals surface area contributed by atoms with Crippen molar-refractivity contribution in [3.8, 4) is 0 Å². The molecule has 7 nitrogen and oxygen atoms in total. The van der Waals surface area contributed by atoms with E-state index >= 15 is 0 Å². The third kappa shape index (κ3) is 5.63. The predicted molar refractivity (Wildman–Crippen MR) is 123 cm³/mol. The van der Waals surface area contributed by atoms with Crippen LogP contribution in [0, 0.1) is 10.1 Å². The average Bonchev–Trinajstić information content (AvgIpc) is 3.12. The maximum absolute atomic E-state index is 10.8. The lowest BCUT2D eigenvalue weighted by molar-refractivity contribution is -0.384. The van der Waals surface area contributed by atoms with Crippen LogP contribution in [0.3, 0.4) is 0 Å². The zero-order chi connectivity index (χ0) is 19.2. The number of aliphatic imine (C=N–C) groups is 1. The predicted octanol–water partition coefficient (Wildman–Crippen LogP) is 3.83. The topological polar surface area (TPSA) is 99.8 Å². The molecule has 0 saturated carbocycles. The van der Waals surface area contributed by atoms with Crippen LogP contribution in [0.5, 0.6) is 0 Å². The highest BCUT2D eigenvalue weighted by atomic mass is 127. The summed E-state index contributed by atoms with van der Waals surface area (Å²) in [5, 5.41) is 28.6. The van der Waals surface area contributed by atoms with Crippen LogP contribution < -0.4 is 10.6 Å². The third-order valence-corrected chi connectivity index (χ3v) is 5.26.